The maximum atomic E-state index is 4.55. The van der Waals surface area contributed by atoms with Crippen molar-refractivity contribution in [2.45, 2.75) is 0 Å². The first kappa shape index (κ1) is 32.0. The molecule has 0 unspecified atom stereocenters. The van der Waals surface area contributed by atoms with E-state index in [1.54, 1.807) is 0 Å². The minimum Gasteiger partial charge on any atom is -0.309 e. The number of hydrogen-bond donors (Lipinski definition) is 0. The number of nitrogens with zero attached hydrogens (tertiary/aromatic N) is 3. The highest BCUT2D eigenvalue weighted by Gasteiger charge is 2.17. The third kappa shape index (κ3) is 5.01. The summed E-state index contributed by atoms with van der Waals surface area (Å²) >= 11 is 1.88. The summed E-state index contributed by atoms with van der Waals surface area (Å²) in [7, 11) is 0. The van der Waals surface area contributed by atoms with Gasteiger partial charge in [0.1, 0.15) is 0 Å². The lowest BCUT2D eigenvalue weighted by Gasteiger charge is -2.11. The molecule has 4 heterocycles. The van der Waals surface area contributed by atoms with Crippen LogP contribution < -0.4 is 0 Å². The predicted octanol–water partition coefficient (Wildman–Crippen LogP) is 14.6. The largest absolute Gasteiger partial charge is 0.309 e. The van der Waals surface area contributed by atoms with Gasteiger partial charge in [-0.15, -0.1) is 11.3 Å². The average Bonchev–Trinajstić information content (AvgIpc) is 3.94. The Morgan fingerprint density at radius 1 is 0.351 bits per heavy atom. The van der Waals surface area contributed by atoms with Gasteiger partial charge in [-0.05, 0) is 101 Å². The third-order valence-corrected chi connectivity index (χ3v) is 12.8. The van der Waals surface area contributed by atoms with Crippen molar-refractivity contribution >= 4 is 75.1 Å². The van der Waals surface area contributed by atoms with Crippen LogP contribution in [0.15, 0.2) is 200 Å². The summed E-state index contributed by atoms with van der Waals surface area (Å²) in [5, 5.41) is 7.64. The molecule has 266 valence electrons. The Morgan fingerprint density at radius 3 is 1.47 bits per heavy atom. The van der Waals surface area contributed by atoms with E-state index in [1.165, 1.54) is 86.0 Å². The smallest absolute Gasteiger partial charge is 0.0701 e. The molecule has 0 saturated heterocycles. The number of para-hydroxylation sites is 2. The molecular formula is C53H33N3S. The molecule has 0 aliphatic carbocycles. The first-order valence-electron chi connectivity index (χ1n) is 19.4. The van der Waals surface area contributed by atoms with Crippen LogP contribution in [0.1, 0.15) is 0 Å². The van der Waals surface area contributed by atoms with E-state index in [2.05, 4.69) is 196 Å². The minimum absolute atomic E-state index is 0.978. The molecule has 0 atom stereocenters. The molecule has 0 fully saturated rings. The fourth-order valence-corrected chi connectivity index (χ4v) is 10.2. The Morgan fingerprint density at radius 2 is 0.860 bits per heavy atom. The van der Waals surface area contributed by atoms with E-state index < -0.39 is 0 Å². The molecule has 0 amide bonds. The van der Waals surface area contributed by atoms with Crippen molar-refractivity contribution in [3.63, 3.8) is 0 Å². The van der Waals surface area contributed by atoms with Crippen LogP contribution in [0.4, 0.5) is 0 Å². The van der Waals surface area contributed by atoms with E-state index >= 15 is 0 Å². The molecule has 12 aromatic rings. The highest BCUT2D eigenvalue weighted by molar-refractivity contribution is 7.26. The average molecular weight is 744 g/mol. The van der Waals surface area contributed by atoms with Crippen LogP contribution in [-0.2, 0) is 0 Å². The highest BCUT2D eigenvalue weighted by Crippen LogP contribution is 2.41. The van der Waals surface area contributed by atoms with Gasteiger partial charge in [-0.25, -0.2) is 0 Å². The minimum atomic E-state index is 0.978. The van der Waals surface area contributed by atoms with Gasteiger partial charge in [0.15, 0.2) is 0 Å². The van der Waals surface area contributed by atoms with Gasteiger partial charge >= 0.3 is 0 Å². The van der Waals surface area contributed by atoms with Crippen molar-refractivity contribution in [1.82, 2.24) is 14.1 Å². The molecule has 12 rings (SSSR count). The molecule has 57 heavy (non-hydrogen) atoms. The summed E-state index contributed by atoms with van der Waals surface area (Å²) in [6, 6.07) is 70.7. The molecule has 0 radical (unpaired) electrons. The Bertz CT molecular complexity index is 3500. The summed E-state index contributed by atoms with van der Waals surface area (Å²) in [6.45, 7) is 0. The Hall–Kier alpha value is -7.27. The van der Waals surface area contributed by atoms with Crippen molar-refractivity contribution in [3.05, 3.63) is 200 Å². The fourth-order valence-electron chi connectivity index (χ4n) is 8.94. The zero-order valence-electron chi connectivity index (χ0n) is 30.8. The second-order valence-electron chi connectivity index (χ2n) is 14.8. The zero-order valence-corrected chi connectivity index (χ0v) is 31.6. The second kappa shape index (κ2) is 12.6. The van der Waals surface area contributed by atoms with Crippen molar-refractivity contribution in [3.8, 4) is 44.9 Å². The van der Waals surface area contributed by atoms with E-state index in [0.717, 1.165) is 22.6 Å². The van der Waals surface area contributed by atoms with Gasteiger partial charge in [-0.2, -0.15) is 0 Å². The van der Waals surface area contributed by atoms with Crippen molar-refractivity contribution in [2.75, 3.05) is 0 Å². The van der Waals surface area contributed by atoms with Crippen LogP contribution in [0, 0.1) is 0 Å². The molecule has 0 aliphatic heterocycles. The molecule has 8 aromatic carbocycles. The Kier molecular flexibility index (Phi) is 7.10. The van der Waals surface area contributed by atoms with Crippen LogP contribution in [0.2, 0.25) is 0 Å². The van der Waals surface area contributed by atoms with E-state index in [-0.39, 0.29) is 0 Å². The van der Waals surface area contributed by atoms with Crippen LogP contribution >= 0.6 is 11.3 Å². The number of aromatic nitrogens is 3. The first-order valence-corrected chi connectivity index (χ1v) is 20.2. The summed E-state index contributed by atoms with van der Waals surface area (Å²) in [6.07, 6.45) is 1.84. The van der Waals surface area contributed by atoms with Crippen molar-refractivity contribution < 1.29 is 0 Å². The third-order valence-electron chi connectivity index (χ3n) is 11.6. The molecule has 4 heteroatoms. The molecule has 4 aromatic heterocycles. The number of thiophene rings is 1. The number of rotatable bonds is 5. The van der Waals surface area contributed by atoms with Gasteiger partial charge in [0.2, 0.25) is 0 Å². The quantitative estimate of drug-likeness (QED) is 0.172. The molecule has 0 spiro atoms. The molecule has 3 nitrogen and oxygen atoms in total. The van der Waals surface area contributed by atoms with Crippen LogP contribution in [-0.4, -0.2) is 14.1 Å². The predicted molar refractivity (Wildman–Crippen MR) is 242 cm³/mol. The van der Waals surface area contributed by atoms with Crippen LogP contribution in [0.5, 0.6) is 0 Å². The van der Waals surface area contributed by atoms with Gasteiger partial charge in [0, 0.05) is 64.9 Å². The summed E-state index contributed by atoms with van der Waals surface area (Å²) < 4.78 is 7.46. The van der Waals surface area contributed by atoms with E-state index in [1.807, 2.05) is 29.7 Å². The number of pyridine rings is 1. The molecule has 0 bridgehead atoms. The van der Waals surface area contributed by atoms with Crippen LogP contribution in [0.25, 0.3) is 109 Å². The topological polar surface area (TPSA) is 22.8 Å². The second-order valence-corrected chi connectivity index (χ2v) is 15.8. The van der Waals surface area contributed by atoms with Gasteiger partial charge in [0.25, 0.3) is 0 Å². The maximum Gasteiger partial charge on any atom is 0.0701 e. The lowest BCUT2D eigenvalue weighted by molar-refractivity contribution is 1.18. The number of benzene rings is 8. The van der Waals surface area contributed by atoms with Gasteiger partial charge in [0.05, 0.1) is 27.8 Å². The first-order chi connectivity index (χ1) is 28.3. The fraction of sp³-hybridized carbons (Fsp3) is 0. The number of hydrogen-bond acceptors (Lipinski definition) is 2. The lowest BCUT2D eigenvalue weighted by atomic mass is 10.0. The molecule has 0 aliphatic rings. The summed E-state index contributed by atoms with van der Waals surface area (Å²) in [5.74, 6) is 0. The zero-order chi connectivity index (χ0) is 37.5. The Labute approximate surface area is 333 Å². The highest BCUT2D eigenvalue weighted by atomic mass is 32.1. The normalized spacial score (nSPS) is 11.9. The molecule has 0 N–H and O–H groups in total. The SMILES string of the molecule is c1ccc(-c2ccc(-n3c4ccccc4c4cc(-c5ccc6c(c5)c5ccccc5n6-c5ccc(-c6cccc7c6sc6ccccc67)cc5)ccc43)cc2)nc1. The Balaban J connectivity index is 0.947. The standard InChI is InChI=1S/C53H33N3S/c1-4-16-48-41(10-1)45-32-36(23-29-50(45)55(48)38-25-19-34(20-26-38)40-13-9-14-44-43-12-3-6-18-52(43)57-53(40)44)37-24-30-51-46(33-37)42-11-2-5-17-49(42)56(51)39-27-21-35(22-28-39)47-15-7-8-31-54-47/h1-33H. The van der Waals surface area contributed by atoms with E-state index in [9.17, 15) is 0 Å². The van der Waals surface area contributed by atoms with Crippen molar-refractivity contribution in [1.29, 1.82) is 0 Å². The molecular weight excluding hydrogens is 711 g/mol. The lowest BCUT2D eigenvalue weighted by Crippen LogP contribution is -1.94. The summed E-state index contributed by atoms with van der Waals surface area (Å²) in [4.78, 5) is 4.55. The van der Waals surface area contributed by atoms with E-state index in [4.69, 9.17) is 0 Å². The van der Waals surface area contributed by atoms with Gasteiger partial charge < -0.3 is 9.13 Å². The van der Waals surface area contributed by atoms with E-state index in [0.29, 0.717) is 0 Å². The van der Waals surface area contributed by atoms with Crippen molar-refractivity contribution in [2.24, 2.45) is 0 Å². The molecule has 0 saturated carbocycles. The van der Waals surface area contributed by atoms with Gasteiger partial charge in [-0.3, -0.25) is 4.98 Å². The maximum absolute atomic E-state index is 4.55. The van der Waals surface area contributed by atoms with Crippen LogP contribution in [0.3, 0.4) is 0 Å². The monoisotopic (exact) mass is 743 g/mol. The number of fused-ring (bicyclic) bond motifs is 9. The van der Waals surface area contributed by atoms with Gasteiger partial charge in [-0.1, -0.05) is 115 Å². The summed E-state index contributed by atoms with van der Waals surface area (Å²) in [5.41, 5.74) is 14.1.